The highest BCUT2D eigenvalue weighted by atomic mass is 19.4. The zero-order valence-corrected chi connectivity index (χ0v) is 11.8. The van der Waals surface area contributed by atoms with E-state index in [0.717, 1.165) is 12.8 Å². The first-order chi connectivity index (χ1) is 9.78. The number of alkyl halides is 3. The lowest BCUT2D eigenvalue weighted by molar-refractivity contribution is -0.137. The van der Waals surface area contributed by atoms with Crippen LogP contribution in [-0.4, -0.2) is 47.8 Å². The maximum atomic E-state index is 11.9. The Morgan fingerprint density at radius 3 is 2.38 bits per heavy atom. The molecule has 122 valence electrons. The molecule has 0 unspecified atom stereocenters. The lowest BCUT2D eigenvalue weighted by atomic mass is 9.92. The highest BCUT2D eigenvalue weighted by molar-refractivity contribution is 5.74. The number of carbonyl (C=O) groups is 2. The summed E-state index contributed by atoms with van der Waals surface area (Å²) in [4.78, 5) is 23.8. The molecular formula is C13H21F3N2O3. The molecule has 0 aromatic heterocycles. The standard InChI is InChI=1S/C13H21F3N2O3/c14-13(15,16)6-1-7-17-12(21)18-8-4-10(5-9-18)2-3-11(19)20/h10H,1-9H2,(H,17,21)(H,19,20). The third-order valence-corrected chi connectivity index (χ3v) is 3.58. The summed E-state index contributed by atoms with van der Waals surface area (Å²) >= 11 is 0. The average molecular weight is 310 g/mol. The van der Waals surface area contributed by atoms with Crippen LogP contribution in [0.3, 0.4) is 0 Å². The van der Waals surface area contributed by atoms with Crippen LogP contribution in [0.15, 0.2) is 0 Å². The Labute approximate surface area is 121 Å². The molecule has 1 aliphatic heterocycles. The van der Waals surface area contributed by atoms with Crippen molar-refractivity contribution in [1.82, 2.24) is 10.2 Å². The van der Waals surface area contributed by atoms with Crippen molar-refractivity contribution in [3.8, 4) is 0 Å². The average Bonchev–Trinajstić information content (AvgIpc) is 2.40. The number of halogens is 3. The van der Waals surface area contributed by atoms with E-state index in [4.69, 9.17) is 5.11 Å². The summed E-state index contributed by atoms with van der Waals surface area (Å²) in [7, 11) is 0. The van der Waals surface area contributed by atoms with Gasteiger partial charge in [0.05, 0.1) is 0 Å². The molecule has 1 heterocycles. The van der Waals surface area contributed by atoms with Gasteiger partial charge in [0.25, 0.3) is 0 Å². The summed E-state index contributed by atoms with van der Waals surface area (Å²) in [6, 6.07) is -0.339. The molecule has 2 N–H and O–H groups in total. The Hall–Kier alpha value is -1.47. The quantitative estimate of drug-likeness (QED) is 0.741. The van der Waals surface area contributed by atoms with E-state index in [9.17, 15) is 22.8 Å². The molecule has 8 heteroatoms. The van der Waals surface area contributed by atoms with Crippen molar-refractivity contribution in [1.29, 1.82) is 0 Å². The van der Waals surface area contributed by atoms with Gasteiger partial charge in [0.1, 0.15) is 0 Å². The maximum absolute atomic E-state index is 11.9. The smallest absolute Gasteiger partial charge is 0.389 e. The number of likely N-dealkylation sites (tertiary alicyclic amines) is 1. The fourth-order valence-corrected chi connectivity index (χ4v) is 2.35. The van der Waals surface area contributed by atoms with E-state index in [1.165, 1.54) is 0 Å². The van der Waals surface area contributed by atoms with Gasteiger partial charge in [-0.15, -0.1) is 0 Å². The SMILES string of the molecule is O=C(O)CCC1CCN(C(=O)NCCCC(F)(F)F)CC1. The second-order valence-corrected chi connectivity index (χ2v) is 5.31. The van der Waals surface area contributed by atoms with E-state index < -0.39 is 18.6 Å². The minimum absolute atomic E-state index is 0.0112. The number of piperidine rings is 1. The van der Waals surface area contributed by atoms with Crippen LogP contribution in [0, 0.1) is 5.92 Å². The first-order valence-corrected chi connectivity index (χ1v) is 7.09. The fraction of sp³-hybridized carbons (Fsp3) is 0.846. The fourth-order valence-electron chi connectivity index (χ4n) is 2.35. The Bertz CT molecular complexity index is 353. The van der Waals surface area contributed by atoms with Crippen molar-refractivity contribution in [3.05, 3.63) is 0 Å². The summed E-state index contributed by atoms with van der Waals surface area (Å²) in [5.74, 6) is -0.518. The summed E-state index contributed by atoms with van der Waals surface area (Å²) < 4.78 is 35.8. The van der Waals surface area contributed by atoms with Crippen LogP contribution >= 0.6 is 0 Å². The topological polar surface area (TPSA) is 69.6 Å². The van der Waals surface area contributed by atoms with Gasteiger partial charge in [-0.2, -0.15) is 13.2 Å². The van der Waals surface area contributed by atoms with Gasteiger partial charge in [-0.05, 0) is 31.6 Å². The number of aliphatic carboxylic acids is 1. The van der Waals surface area contributed by atoms with Gasteiger partial charge in [-0.25, -0.2) is 4.79 Å². The highest BCUT2D eigenvalue weighted by Gasteiger charge is 2.26. The van der Waals surface area contributed by atoms with Crippen LogP contribution in [-0.2, 0) is 4.79 Å². The number of hydrogen-bond donors (Lipinski definition) is 2. The Balaban J connectivity index is 2.15. The monoisotopic (exact) mass is 310 g/mol. The van der Waals surface area contributed by atoms with Gasteiger partial charge < -0.3 is 15.3 Å². The van der Waals surface area contributed by atoms with Crippen LogP contribution in [0.5, 0.6) is 0 Å². The van der Waals surface area contributed by atoms with Crippen LogP contribution in [0.1, 0.15) is 38.5 Å². The highest BCUT2D eigenvalue weighted by Crippen LogP contribution is 2.22. The summed E-state index contributed by atoms with van der Waals surface area (Å²) in [6.45, 7) is 1.06. The third-order valence-electron chi connectivity index (χ3n) is 3.58. The summed E-state index contributed by atoms with van der Waals surface area (Å²) in [6.07, 6.45) is -2.99. The van der Waals surface area contributed by atoms with Crippen molar-refractivity contribution < 1.29 is 27.9 Å². The molecule has 0 aromatic carbocycles. The summed E-state index contributed by atoms with van der Waals surface area (Å²) in [5, 5.41) is 11.1. The predicted molar refractivity (Wildman–Crippen MR) is 69.9 cm³/mol. The second kappa shape index (κ2) is 8.09. The molecule has 0 aliphatic carbocycles. The van der Waals surface area contributed by atoms with Gasteiger partial charge >= 0.3 is 18.2 Å². The third kappa shape index (κ3) is 7.77. The minimum Gasteiger partial charge on any atom is -0.481 e. The van der Waals surface area contributed by atoms with Crippen LogP contribution in [0.25, 0.3) is 0 Å². The van der Waals surface area contributed by atoms with Gasteiger partial charge in [0.2, 0.25) is 0 Å². The molecule has 2 amide bonds. The molecule has 0 aromatic rings. The molecule has 0 saturated carbocycles. The second-order valence-electron chi connectivity index (χ2n) is 5.31. The Kier molecular flexibility index (Phi) is 6.77. The van der Waals surface area contributed by atoms with Crippen molar-refractivity contribution in [2.24, 2.45) is 5.92 Å². The van der Waals surface area contributed by atoms with E-state index in [1.54, 1.807) is 4.90 Å². The molecule has 0 atom stereocenters. The number of urea groups is 1. The largest absolute Gasteiger partial charge is 0.481 e. The number of carbonyl (C=O) groups excluding carboxylic acids is 1. The first-order valence-electron chi connectivity index (χ1n) is 7.09. The number of rotatable bonds is 6. The molecule has 0 radical (unpaired) electrons. The van der Waals surface area contributed by atoms with E-state index >= 15 is 0 Å². The lowest BCUT2D eigenvalue weighted by Gasteiger charge is -2.31. The van der Waals surface area contributed by atoms with Crippen molar-refractivity contribution in [3.63, 3.8) is 0 Å². The normalized spacial score (nSPS) is 16.8. The van der Waals surface area contributed by atoms with E-state index in [2.05, 4.69) is 5.32 Å². The zero-order chi connectivity index (χ0) is 15.9. The molecule has 21 heavy (non-hydrogen) atoms. The minimum atomic E-state index is -4.19. The molecule has 0 spiro atoms. The van der Waals surface area contributed by atoms with Gasteiger partial charge in [-0.1, -0.05) is 0 Å². The van der Waals surface area contributed by atoms with Crippen LogP contribution in [0.2, 0.25) is 0 Å². The predicted octanol–water partition coefficient (Wildman–Crippen LogP) is 2.62. The molecule has 5 nitrogen and oxygen atoms in total. The van der Waals surface area contributed by atoms with Crippen LogP contribution < -0.4 is 5.32 Å². The summed E-state index contributed by atoms with van der Waals surface area (Å²) in [5.41, 5.74) is 0. The molecule has 1 aliphatic rings. The van der Waals surface area contributed by atoms with E-state index in [0.29, 0.717) is 25.4 Å². The number of carboxylic acid groups (broad SMARTS) is 1. The van der Waals surface area contributed by atoms with Crippen molar-refractivity contribution in [2.45, 2.75) is 44.7 Å². The van der Waals surface area contributed by atoms with E-state index in [1.807, 2.05) is 0 Å². The van der Waals surface area contributed by atoms with Gasteiger partial charge in [0, 0.05) is 32.5 Å². The van der Waals surface area contributed by atoms with E-state index in [-0.39, 0.29) is 25.4 Å². The van der Waals surface area contributed by atoms with Crippen molar-refractivity contribution in [2.75, 3.05) is 19.6 Å². The first kappa shape index (κ1) is 17.6. The van der Waals surface area contributed by atoms with Gasteiger partial charge in [-0.3, -0.25) is 4.79 Å². The zero-order valence-electron chi connectivity index (χ0n) is 11.8. The molecule has 1 rings (SSSR count). The molecular weight excluding hydrogens is 289 g/mol. The number of amides is 2. The Morgan fingerprint density at radius 1 is 1.24 bits per heavy atom. The molecule has 1 saturated heterocycles. The number of nitrogens with one attached hydrogen (secondary N) is 1. The number of hydrogen-bond acceptors (Lipinski definition) is 2. The van der Waals surface area contributed by atoms with Gasteiger partial charge in [0.15, 0.2) is 0 Å². The number of carboxylic acids is 1. The Morgan fingerprint density at radius 2 is 1.86 bits per heavy atom. The maximum Gasteiger partial charge on any atom is 0.389 e. The molecule has 0 bridgehead atoms. The molecule has 1 fully saturated rings. The number of nitrogens with zero attached hydrogens (tertiary/aromatic N) is 1. The lowest BCUT2D eigenvalue weighted by Crippen LogP contribution is -2.44. The van der Waals surface area contributed by atoms with Crippen molar-refractivity contribution >= 4 is 12.0 Å². The van der Waals surface area contributed by atoms with Crippen LogP contribution in [0.4, 0.5) is 18.0 Å².